The average Bonchev–Trinajstić information content (AvgIpc) is 3.22. The van der Waals surface area contributed by atoms with Crippen LogP contribution in [0.3, 0.4) is 0 Å². The lowest BCUT2D eigenvalue weighted by Gasteiger charge is -2.51. The Labute approximate surface area is 141 Å². The van der Waals surface area contributed by atoms with Crippen LogP contribution in [-0.4, -0.2) is 23.5 Å². The first kappa shape index (κ1) is 14.1. The highest BCUT2D eigenvalue weighted by Gasteiger charge is 2.63. The van der Waals surface area contributed by atoms with E-state index in [2.05, 4.69) is 17.1 Å². The van der Waals surface area contributed by atoms with Crippen LogP contribution in [0.4, 0.5) is 0 Å². The summed E-state index contributed by atoms with van der Waals surface area (Å²) in [4.78, 5) is 15.1. The molecule has 2 bridgehead atoms. The van der Waals surface area contributed by atoms with Crippen molar-refractivity contribution >= 4 is 17.5 Å². The van der Waals surface area contributed by atoms with E-state index in [0.717, 1.165) is 18.6 Å². The third-order valence-corrected chi connectivity index (χ3v) is 6.57. The molecule has 3 fully saturated rings. The zero-order chi connectivity index (χ0) is 15.8. The zero-order valence-corrected chi connectivity index (χ0v) is 13.9. The number of benzene rings is 1. The summed E-state index contributed by atoms with van der Waals surface area (Å²) in [6.45, 7) is 2.77. The maximum atomic E-state index is 13.0. The van der Waals surface area contributed by atoms with Gasteiger partial charge >= 0.3 is 0 Å². The van der Waals surface area contributed by atoms with Crippen LogP contribution >= 0.6 is 11.6 Å². The monoisotopic (exact) mass is 329 g/mol. The lowest BCUT2D eigenvalue weighted by molar-refractivity contribution is -0.218. The van der Waals surface area contributed by atoms with E-state index in [9.17, 15) is 4.79 Å². The highest BCUT2D eigenvalue weighted by atomic mass is 35.5. The molecule has 2 aliphatic heterocycles. The Hall–Kier alpha value is -1.32. The summed E-state index contributed by atoms with van der Waals surface area (Å²) >= 11 is 6.06. The quantitative estimate of drug-likeness (QED) is 0.737. The molecule has 4 aliphatic rings. The molecule has 2 heterocycles. The molecule has 2 aliphatic carbocycles. The van der Waals surface area contributed by atoms with Crippen molar-refractivity contribution < 1.29 is 9.53 Å². The lowest BCUT2D eigenvalue weighted by atomic mass is 9.84. The van der Waals surface area contributed by atoms with Crippen molar-refractivity contribution in [1.82, 2.24) is 4.90 Å². The molecule has 0 unspecified atom stereocenters. The van der Waals surface area contributed by atoms with Gasteiger partial charge < -0.3 is 9.64 Å². The Kier molecular flexibility index (Phi) is 2.82. The van der Waals surface area contributed by atoms with E-state index in [0.29, 0.717) is 28.8 Å². The lowest BCUT2D eigenvalue weighted by Crippen LogP contribution is -2.60. The highest BCUT2D eigenvalue weighted by molar-refractivity contribution is 6.30. The van der Waals surface area contributed by atoms with E-state index in [1.54, 1.807) is 0 Å². The van der Waals surface area contributed by atoms with Crippen molar-refractivity contribution in [2.45, 2.75) is 31.5 Å². The first-order valence-electron chi connectivity index (χ1n) is 8.52. The molecule has 1 amide bonds. The minimum atomic E-state index is -0.597. The number of rotatable bonds is 1. The van der Waals surface area contributed by atoms with Crippen LogP contribution in [0.2, 0.25) is 5.02 Å². The molecule has 5 rings (SSSR count). The molecule has 0 N–H and O–H groups in total. The van der Waals surface area contributed by atoms with Gasteiger partial charge in [0.2, 0.25) is 5.91 Å². The number of ether oxygens (including phenoxy) is 1. The van der Waals surface area contributed by atoms with E-state index in [-0.39, 0.29) is 11.8 Å². The van der Waals surface area contributed by atoms with Crippen molar-refractivity contribution in [2.24, 2.45) is 23.7 Å². The van der Waals surface area contributed by atoms with Crippen LogP contribution in [0.1, 0.15) is 25.3 Å². The largest absolute Gasteiger partial charge is 0.351 e. The van der Waals surface area contributed by atoms with Crippen LogP contribution in [-0.2, 0) is 15.3 Å². The third kappa shape index (κ3) is 1.72. The number of allylic oxidation sites excluding steroid dienone is 1. The fraction of sp³-hybridized carbons (Fsp3) is 0.526. The minimum absolute atomic E-state index is 0.00698. The number of carbonyl (C=O) groups excluding carboxylic acids is 1. The first-order valence-corrected chi connectivity index (χ1v) is 8.89. The number of carbonyl (C=O) groups is 1. The summed E-state index contributed by atoms with van der Waals surface area (Å²) in [5.41, 5.74) is 0.463. The molecule has 3 nitrogen and oxygen atoms in total. The van der Waals surface area contributed by atoms with Gasteiger partial charge in [-0.05, 0) is 30.4 Å². The number of nitrogens with zero attached hydrogens (tertiary/aromatic N) is 1. The fourth-order valence-electron chi connectivity index (χ4n) is 5.32. The van der Waals surface area contributed by atoms with Gasteiger partial charge in [0.1, 0.15) is 0 Å². The molecule has 23 heavy (non-hydrogen) atoms. The van der Waals surface area contributed by atoms with Gasteiger partial charge in [-0.25, -0.2) is 0 Å². The molecule has 2 saturated heterocycles. The van der Waals surface area contributed by atoms with E-state index in [4.69, 9.17) is 16.3 Å². The average molecular weight is 330 g/mol. The normalized spacial score (nSPS) is 43.8. The van der Waals surface area contributed by atoms with E-state index in [1.165, 1.54) is 6.42 Å². The third-order valence-electron chi connectivity index (χ3n) is 6.32. The molecular formula is C19H20ClNO2. The van der Waals surface area contributed by atoms with Crippen molar-refractivity contribution in [2.75, 3.05) is 6.61 Å². The van der Waals surface area contributed by atoms with E-state index >= 15 is 0 Å². The SMILES string of the molecule is C[C@@H]1C[C@@]2(c3ccc(Cl)cc3)OC[C@H]3[C@H]([C@@H]4C=C[C@H]3C4)N2C1=O. The summed E-state index contributed by atoms with van der Waals surface area (Å²) in [5, 5.41) is 0.714. The summed E-state index contributed by atoms with van der Waals surface area (Å²) in [7, 11) is 0. The van der Waals surface area contributed by atoms with Crippen molar-refractivity contribution in [3.63, 3.8) is 0 Å². The molecule has 1 aromatic carbocycles. The van der Waals surface area contributed by atoms with Gasteiger partial charge in [0, 0.05) is 34.9 Å². The molecule has 1 aromatic rings. The van der Waals surface area contributed by atoms with Gasteiger partial charge in [0.15, 0.2) is 5.72 Å². The fourth-order valence-corrected chi connectivity index (χ4v) is 5.45. The van der Waals surface area contributed by atoms with Crippen molar-refractivity contribution in [3.8, 4) is 0 Å². The second kappa shape index (κ2) is 4.61. The zero-order valence-electron chi connectivity index (χ0n) is 13.1. The Balaban J connectivity index is 1.64. The van der Waals surface area contributed by atoms with Crippen LogP contribution in [0.25, 0.3) is 0 Å². The summed E-state index contributed by atoms with van der Waals surface area (Å²) in [5.74, 6) is 1.79. The van der Waals surface area contributed by atoms with Gasteiger partial charge in [-0.2, -0.15) is 0 Å². The molecular weight excluding hydrogens is 310 g/mol. The number of hydrogen-bond acceptors (Lipinski definition) is 2. The second-order valence-electron chi connectivity index (χ2n) is 7.52. The topological polar surface area (TPSA) is 29.5 Å². The van der Waals surface area contributed by atoms with Crippen LogP contribution in [0.5, 0.6) is 0 Å². The number of hydrogen-bond donors (Lipinski definition) is 0. The smallest absolute Gasteiger partial charge is 0.228 e. The Morgan fingerprint density at radius 1 is 1.22 bits per heavy atom. The van der Waals surface area contributed by atoms with E-state index in [1.807, 2.05) is 31.2 Å². The van der Waals surface area contributed by atoms with Gasteiger partial charge in [-0.3, -0.25) is 4.79 Å². The minimum Gasteiger partial charge on any atom is -0.351 e. The molecule has 0 spiro atoms. The van der Waals surface area contributed by atoms with Gasteiger partial charge in [-0.1, -0.05) is 42.8 Å². The van der Waals surface area contributed by atoms with Crippen molar-refractivity contribution in [1.29, 1.82) is 0 Å². The standard InChI is InChI=1S/C19H20ClNO2/c1-11-9-19(14-4-6-15(20)7-5-14)21(18(11)22)17-13-3-2-12(8-13)16(17)10-23-19/h2-7,11-13,16-17H,8-10H2,1H3/t11-,12+,13-,16-,17+,19+/m1/s1. The van der Waals surface area contributed by atoms with Gasteiger partial charge in [0.05, 0.1) is 6.61 Å². The summed E-state index contributed by atoms with van der Waals surface area (Å²) in [6, 6.07) is 8.13. The Morgan fingerprint density at radius 2 is 1.96 bits per heavy atom. The maximum absolute atomic E-state index is 13.0. The highest BCUT2D eigenvalue weighted by Crippen LogP contribution is 2.57. The van der Waals surface area contributed by atoms with Gasteiger partial charge in [-0.15, -0.1) is 0 Å². The molecule has 0 radical (unpaired) electrons. The predicted octanol–water partition coefficient (Wildman–Crippen LogP) is 3.58. The summed E-state index contributed by atoms with van der Waals surface area (Å²) in [6.07, 6.45) is 6.56. The Morgan fingerprint density at radius 3 is 2.74 bits per heavy atom. The van der Waals surface area contributed by atoms with Crippen molar-refractivity contribution in [3.05, 3.63) is 47.0 Å². The molecule has 4 heteroatoms. The molecule has 0 aromatic heterocycles. The number of amides is 1. The van der Waals surface area contributed by atoms with Crippen LogP contribution < -0.4 is 0 Å². The predicted molar refractivity (Wildman–Crippen MR) is 87.7 cm³/mol. The second-order valence-corrected chi connectivity index (χ2v) is 7.95. The number of fused-ring (bicyclic) bond motifs is 7. The molecule has 6 atom stereocenters. The first-order chi connectivity index (χ1) is 11.1. The molecule has 120 valence electrons. The van der Waals surface area contributed by atoms with Gasteiger partial charge in [0.25, 0.3) is 0 Å². The Bertz CT molecular complexity index is 700. The van der Waals surface area contributed by atoms with E-state index < -0.39 is 5.72 Å². The summed E-state index contributed by atoms with van der Waals surface area (Å²) < 4.78 is 6.45. The number of halogens is 1. The van der Waals surface area contributed by atoms with Crippen LogP contribution in [0, 0.1) is 23.7 Å². The van der Waals surface area contributed by atoms with Crippen LogP contribution in [0.15, 0.2) is 36.4 Å². The maximum Gasteiger partial charge on any atom is 0.228 e. The molecule has 1 saturated carbocycles.